The molecular formula is C15H22N5O2S+. The number of benzene rings is 1. The van der Waals surface area contributed by atoms with E-state index < -0.39 is 17.5 Å². The normalized spacial score (nSPS) is 20.6. The van der Waals surface area contributed by atoms with E-state index in [-0.39, 0.29) is 5.11 Å². The van der Waals surface area contributed by atoms with Crippen LogP contribution in [0.1, 0.15) is 12.5 Å². The molecule has 0 bridgehead atoms. The van der Waals surface area contributed by atoms with Crippen LogP contribution in [-0.2, 0) is 10.3 Å². The fraction of sp³-hybridized carbons (Fsp3) is 0.400. The monoisotopic (exact) mass is 336 g/mol. The Labute approximate surface area is 141 Å². The molecule has 4 N–H and O–H groups in total. The highest BCUT2D eigenvalue weighted by atomic mass is 32.1. The zero-order valence-corrected chi connectivity index (χ0v) is 14.3. The first kappa shape index (κ1) is 17.2. The third-order valence-corrected chi connectivity index (χ3v) is 3.90. The number of carbonyl (C=O) groups is 2. The number of urea groups is 1. The largest absolute Gasteiger partial charge is 0.356 e. The number of rotatable bonds is 5. The Bertz CT molecular complexity index is 607. The van der Waals surface area contributed by atoms with Crippen LogP contribution in [0.25, 0.3) is 0 Å². The number of nitrogens with zero attached hydrogens (tertiary/aromatic N) is 1. The van der Waals surface area contributed by atoms with Crippen LogP contribution >= 0.6 is 12.2 Å². The summed E-state index contributed by atoms with van der Waals surface area (Å²) in [6.45, 7) is 3.19. The molecule has 124 valence electrons. The molecule has 0 saturated carbocycles. The number of quaternary nitrogens is 1. The lowest BCUT2D eigenvalue weighted by Crippen LogP contribution is -3.06. The lowest BCUT2D eigenvalue weighted by Gasteiger charge is -2.22. The second-order valence-corrected chi connectivity index (χ2v) is 6.29. The highest BCUT2D eigenvalue weighted by molar-refractivity contribution is 7.80. The average molecular weight is 336 g/mol. The molecule has 1 aliphatic heterocycles. The zero-order valence-electron chi connectivity index (χ0n) is 13.5. The molecule has 0 aliphatic carbocycles. The minimum absolute atomic E-state index is 0.243. The van der Waals surface area contributed by atoms with E-state index in [0.29, 0.717) is 6.54 Å². The van der Waals surface area contributed by atoms with Gasteiger partial charge in [-0.05, 0) is 24.7 Å². The number of imide groups is 1. The van der Waals surface area contributed by atoms with Crippen LogP contribution in [-0.4, -0.2) is 49.2 Å². The number of carbonyl (C=O) groups excluding carboxylic acids is 2. The first-order chi connectivity index (χ1) is 10.8. The second kappa shape index (κ2) is 6.93. The van der Waals surface area contributed by atoms with E-state index in [1.165, 1.54) is 4.90 Å². The summed E-state index contributed by atoms with van der Waals surface area (Å²) in [5.74, 6) is -0.393. The zero-order chi connectivity index (χ0) is 17.0. The lowest BCUT2D eigenvalue weighted by molar-refractivity contribution is -0.856. The van der Waals surface area contributed by atoms with E-state index in [2.05, 4.69) is 16.1 Å². The van der Waals surface area contributed by atoms with Crippen molar-refractivity contribution in [1.29, 1.82) is 0 Å². The fourth-order valence-electron chi connectivity index (χ4n) is 2.27. The number of thiocarbonyl (C=S) groups is 1. The summed E-state index contributed by atoms with van der Waals surface area (Å²) in [6, 6.07) is 8.59. The maximum Gasteiger partial charge on any atom is 0.344 e. The van der Waals surface area contributed by atoms with Crippen molar-refractivity contribution >= 4 is 29.3 Å². The van der Waals surface area contributed by atoms with Crippen LogP contribution in [0, 0.1) is 0 Å². The molecule has 8 heteroatoms. The van der Waals surface area contributed by atoms with Gasteiger partial charge in [0.1, 0.15) is 5.54 Å². The van der Waals surface area contributed by atoms with E-state index in [4.69, 9.17) is 12.2 Å². The molecule has 0 aromatic heterocycles. The van der Waals surface area contributed by atoms with Gasteiger partial charge in [-0.25, -0.2) is 4.79 Å². The molecule has 1 aromatic carbocycles. The summed E-state index contributed by atoms with van der Waals surface area (Å²) < 4.78 is 0. The number of likely N-dealkylation sites (N-methyl/N-ethyl adjacent to an activating group) is 1. The summed E-state index contributed by atoms with van der Waals surface area (Å²) >= 11 is 5.13. The van der Waals surface area contributed by atoms with Crippen molar-refractivity contribution < 1.29 is 14.5 Å². The van der Waals surface area contributed by atoms with Crippen LogP contribution in [0.5, 0.6) is 0 Å². The molecule has 1 aliphatic rings. The Morgan fingerprint density at radius 3 is 2.57 bits per heavy atom. The Morgan fingerprint density at radius 1 is 1.30 bits per heavy atom. The highest BCUT2D eigenvalue weighted by Gasteiger charge is 2.49. The summed E-state index contributed by atoms with van der Waals surface area (Å²) in [5.41, 5.74) is 2.28. The first-order valence-corrected chi connectivity index (χ1v) is 7.81. The molecule has 7 nitrogen and oxygen atoms in total. The quantitative estimate of drug-likeness (QED) is 0.409. The molecule has 1 atom stereocenters. The van der Waals surface area contributed by atoms with Crippen molar-refractivity contribution in [2.24, 2.45) is 0 Å². The van der Waals surface area contributed by atoms with Gasteiger partial charge in [-0.2, -0.15) is 5.01 Å². The van der Waals surface area contributed by atoms with Gasteiger partial charge in [0.05, 0.1) is 27.2 Å². The lowest BCUT2D eigenvalue weighted by atomic mass is 9.92. The topological polar surface area (TPSA) is 77.9 Å². The summed E-state index contributed by atoms with van der Waals surface area (Å²) in [7, 11) is 4.06. The predicted octanol–water partition coefficient (Wildman–Crippen LogP) is -1.02. The van der Waals surface area contributed by atoms with Crippen molar-refractivity contribution in [3.8, 4) is 0 Å². The van der Waals surface area contributed by atoms with Crippen molar-refractivity contribution in [1.82, 2.24) is 21.1 Å². The molecule has 1 heterocycles. The summed E-state index contributed by atoms with van der Waals surface area (Å²) in [4.78, 5) is 26.0. The molecule has 0 unspecified atom stereocenters. The highest BCUT2D eigenvalue weighted by Crippen LogP contribution is 2.27. The van der Waals surface area contributed by atoms with E-state index in [0.717, 1.165) is 17.1 Å². The van der Waals surface area contributed by atoms with Gasteiger partial charge in [0.15, 0.2) is 5.11 Å². The van der Waals surface area contributed by atoms with E-state index in [1.807, 2.05) is 32.3 Å². The van der Waals surface area contributed by atoms with Crippen LogP contribution in [0.2, 0.25) is 0 Å². The Hall–Kier alpha value is -2.19. The molecule has 0 spiro atoms. The molecule has 0 radical (unpaired) electrons. The minimum atomic E-state index is -1.10. The molecule has 1 aromatic rings. The van der Waals surface area contributed by atoms with Gasteiger partial charge in [0.2, 0.25) is 0 Å². The van der Waals surface area contributed by atoms with Gasteiger partial charge in [-0.3, -0.25) is 10.2 Å². The predicted molar refractivity (Wildman–Crippen MR) is 90.6 cm³/mol. The molecular weight excluding hydrogens is 314 g/mol. The third-order valence-electron chi connectivity index (χ3n) is 3.67. The molecule has 3 amide bonds. The Balaban J connectivity index is 2.03. The first-order valence-electron chi connectivity index (χ1n) is 7.40. The third kappa shape index (κ3) is 3.77. The summed E-state index contributed by atoms with van der Waals surface area (Å²) in [6.07, 6.45) is 0. The molecule has 2 rings (SSSR count). The molecule has 1 fully saturated rings. The standard InChI is InChI=1S/C15H21N5O2S/c1-15(11-7-5-4-6-8-11)12(21)20(14(22)17-15)18-13(23)16-9-10-19(2)3/h4-8H,9-10H2,1-3H3,(H,17,22)(H2,16,18,23)/p+1/t15-/m0/s1. The van der Waals surface area contributed by atoms with Gasteiger partial charge in [0.25, 0.3) is 5.91 Å². The maximum atomic E-state index is 12.6. The minimum Gasteiger partial charge on any atom is -0.356 e. The fourth-order valence-corrected chi connectivity index (χ4v) is 2.47. The van der Waals surface area contributed by atoms with E-state index in [1.54, 1.807) is 19.1 Å². The van der Waals surface area contributed by atoms with Gasteiger partial charge >= 0.3 is 6.03 Å². The second-order valence-electron chi connectivity index (χ2n) is 5.89. The Morgan fingerprint density at radius 2 is 1.96 bits per heavy atom. The number of amides is 3. The van der Waals surface area contributed by atoms with Crippen LogP contribution in [0.3, 0.4) is 0 Å². The van der Waals surface area contributed by atoms with Crippen molar-refractivity contribution in [3.63, 3.8) is 0 Å². The SMILES string of the molecule is C[NH+](C)CCNC(=S)NN1C(=O)N[C@@](C)(c2ccccc2)C1=O. The smallest absolute Gasteiger partial charge is 0.344 e. The van der Waals surface area contributed by atoms with Gasteiger partial charge < -0.3 is 15.5 Å². The van der Waals surface area contributed by atoms with Gasteiger partial charge in [-0.1, -0.05) is 30.3 Å². The van der Waals surface area contributed by atoms with E-state index in [9.17, 15) is 9.59 Å². The number of nitrogens with one attached hydrogen (secondary N) is 4. The van der Waals surface area contributed by atoms with Crippen LogP contribution in [0.4, 0.5) is 4.79 Å². The summed E-state index contributed by atoms with van der Waals surface area (Å²) in [5, 5.41) is 6.85. The Kier molecular flexibility index (Phi) is 5.17. The number of hydrogen-bond donors (Lipinski definition) is 4. The van der Waals surface area contributed by atoms with Crippen molar-refractivity contribution in [3.05, 3.63) is 35.9 Å². The maximum absolute atomic E-state index is 12.6. The van der Waals surface area contributed by atoms with Gasteiger partial charge in [-0.15, -0.1) is 0 Å². The van der Waals surface area contributed by atoms with Crippen molar-refractivity contribution in [2.45, 2.75) is 12.5 Å². The average Bonchev–Trinajstić information content (AvgIpc) is 2.72. The molecule has 1 saturated heterocycles. The molecule has 23 heavy (non-hydrogen) atoms. The number of hydrogen-bond acceptors (Lipinski definition) is 3. The number of hydrazine groups is 1. The van der Waals surface area contributed by atoms with Gasteiger partial charge in [0, 0.05) is 0 Å². The van der Waals surface area contributed by atoms with Crippen LogP contribution < -0.4 is 21.0 Å². The van der Waals surface area contributed by atoms with Crippen LogP contribution in [0.15, 0.2) is 30.3 Å². The van der Waals surface area contributed by atoms with E-state index >= 15 is 0 Å². The van der Waals surface area contributed by atoms with Crippen molar-refractivity contribution in [2.75, 3.05) is 27.2 Å².